The van der Waals surface area contributed by atoms with E-state index in [0.717, 1.165) is 19.6 Å². The normalized spacial score (nSPS) is 23.9. The van der Waals surface area contributed by atoms with Gasteiger partial charge in [-0.2, -0.15) is 0 Å². The van der Waals surface area contributed by atoms with Crippen molar-refractivity contribution in [3.8, 4) is 0 Å². The molecule has 1 saturated carbocycles. The largest absolute Gasteiger partial charge is 0.370 e. The molecule has 0 aromatic carbocycles. The molecular weight excluding hydrogens is 254 g/mol. The maximum atomic E-state index is 11.5. The Bertz CT molecular complexity index is 353. The lowest BCUT2D eigenvalue weighted by Gasteiger charge is -2.23. The van der Waals surface area contributed by atoms with Crippen LogP contribution in [0.2, 0.25) is 0 Å². The Morgan fingerprint density at radius 2 is 2.10 bits per heavy atom. The molecule has 2 fully saturated rings. The Kier molecular flexibility index (Phi) is 5.64. The highest BCUT2D eigenvalue weighted by molar-refractivity contribution is 5.83. The minimum atomic E-state index is -0.0438. The summed E-state index contributed by atoms with van der Waals surface area (Å²) in [4.78, 5) is 18.1. The van der Waals surface area contributed by atoms with Crippen molar-refractivity contribution in [3.63, 3.8) is 0 Å². The SMILES string of the molecule is CCN1CCCC1CNC(N)=NCC(=O)NCC1CC1. The lowest BCUT2D eigenvalue weighted by atomic mass is 10.2. The smallest absolute Gasteiger partial charge is 0.241 e. The van der Waals surface area contributed by atoms with Gasteiger partial charge in [-0.15, -0.1) is 0 Å². The fourth-order valence-electron chi connectivity index (χ4n) is 2.61. The van der Waals surface area contributed by atoms with E-state index >= 15 is 0 Å². The number of nitrogens with two attached hydrogens (primary N) is 1. The Morgan fingerprint density at radius 3 is 2.80 bits per heavy atom. The van der Waals surface area contributed by atoms with Gasteiger partial charge in [0.1, 0.15) is 6.54 Å². The van der Waals surface area contributed by atoms with Gasteiger partial charge in [0.15, 0.2) is 5.96 Å². The van der Waals surface area contributed by atoms with Crippen LogP contribution in [0.15, 0.2) is 4.99 Å². The summed E-state index contributed by atoms with van der Waals surface area (Å²) in [6.45, 7) is 6.15. The van der Waals surface area contributed by atoms with Crippen LogP contribution in [0.1, 0.15) is 32.6 Å². The first-order chi connectivity index (χ1) is 9.69. The average molecular weight is 281 g/mol. The summed E-state index contributed by atoms with van der Waals surface area (Å²) in [6, 6.07) is 0.539. The van der Waals surface area contributed by atoms with Crippen LogP contribution in [0.5, 0.6) is 0 Å². The minimum Gasteiger partial charge on any atom is -0.370 e. The van der Waals surface area contributed by atoms with Crippen molar-refractivity contribution >= 4 is 11.9 Å². The third-order valence-electron chi connectivity index (χ3n) is 4.10. The van der Waals surface area contributed by atoms with Gasteiger partial charge in [-0.3, -0.25) is 9.69 Å². The Hall–Kier alpha value is -1.30. The van der Waals surface area contributed by atoms with Crippen LogP contribution >= 0.6 is 0 Å². The molecule has 1 atom stereocenters. The van der Waals surface area contributed by atoms with Crippen LogP contribution in [-0.4, -0.2) is 55.5 Å². The molecular formula is C14H27N5O. The molecule has 0 spiro atoms. The molecule has 0 bridgehead atoms. The molecule has 2 rings (SSSR count). The van der Waals surface area contributed by atoms with Crippen molar-refractivity contribution < 1.29 is 4.79 Å². The van der Waals surface area contributed by atoms with Crippen molar-refractivity contribution in [1.29, 1.82) is 0 Å². The van der Waals surface area contributed by atoms with E-state index in [9.17, 15) is 4.79 Å². The summed E-state index contributed by atoms with van der Waals surface area (Å²) in [5, 5.41) is 6.00. The van der Waals surface area contributed by atoms with Crippen molar-refractivity contribution in [2.24, 2.45) is 16.6 Å². The van der Waals surface area contributed by atoms with E-state index in [2.05, 4.69) is 27.4 Å². The van der Waals surface area contributed by atoms with E-state index in [1.807, 2.05) is 0 Å². The quantitative estimate of drug-likeness (QED) is 0.449. The molecule has 20 heavy (non-hydrogen) atoms. The second kappa shape index (κ2) is 7.47. The molecule has 0 aromatic rings. The fourth-order valence-corrected chi connectivity index (χ4v) is 2.61. The lowest BCUT2D eigenvalue weighted by molar-refractivity contribution is -0.119. The van der Waals surface area contributed by atoms with Gasteiger partial charge in [0.2, 0.25) is 5.91 Å². The maximum absolute atomic E-state index is 11.5. The van der Waals surface area contributed by atoms with Crippen molar-refractivity contribution in [2.75, 3.05) is 32.7 Å². The first-order valence-corrected chi connectivity index (χ1v) is 7.73. The van der Waals surface area contributed by atoms with Crippen molar-refractivity contribution in [3.05, 3.63) is 0 Å². The molecule has 1 unspecified atom stereocenters. The van der Waals surface area contributed by atoms with Crippen LogP contribution in [0.3, 0.4) is 0 Å². The van der Waals surface area contributed by atoms with E-state index in [-0.39, 0.29) is 12.5 Å². The van der Waals surface area contributed by atoms with Gasteiger partial charge >= 0.3 is 0 Å². The zero-order chi connectivity index (χ0) is 14.4. The molecule has 1 aliphatic heterocycles. The van der Waals surface area contributed by atoms with Crippen molar-refractivity contribution in [1.82, 2.24) is 15.5 Å². The van der Waals surface area contributed by atoms with Gasteiger partial charge in [0.25, 0.3) is 0 Å². The van der Waals surface area contributed by atoms with Crippen LogP contribution < -0.4 is 16.4 Å². The molecule has 1 aliphatic carbocycles. The summed E-state index contributed by atoms with van der Waals surface area (Å²) >= 11 is 0. The number of hydrogen-bond acceptors (Lipinski definition) is 3. The first kappa shape index (κ1) is 15.1. The molecule has 1 saturated heterocycles. The Labute approximate surface area is 121 Å². The molecule has 114 valence electrons. The van der Waals surface area contributed by atoms with Crippen LogP contribution in [0.25, 0.3) is 0 Å². The Balaban J connectivity index is 1.61. The second-order valence-corrected chi connectivity index (χ2v) is 5.75. The highest BCUT2D eigenvalue weighted by Gasteiger charge is 2.23. The summed E-state index contributed by atoms with van der Waals surface area (Å²) in [5.74, 6) is 1.02. The molecule has 1 amide bonds. The minimum absolute atomic E-state index is 0.0438. The van der Waals surface area contributed by atoms with Gasteiger partial charge in [0, 0.05) is 19.1 Å². The standard InChI is InChI=1S/C14H27N5O/c1-2-19-7-3-4-12(19)9-17-14(15)18-10-13(20)16-8-11-5-6-11/h11-12H,2-10H2,1H3,(H,16,20)(H3,15,17,18). The molecule has 0 radical (unpaired) electrons. The number of hydrogen-bond donors (Lipinski definition) is 3. The summed E-state index contributed by atoms with van der Waals surface area (Å²) in [7, 11) is 0. The molecule has 1 heterocycles. The van der Waals surface area contributed by atoms with E-state index in [0.29, 0.717) is 17.9 Å². The summed E-state index contributed by atoms with van der Waals surface area (Å²) in [5.41, 5.74) is 5.80. The predicted molar refractivity (Wildman–Crippen MR) is 80.5 cm³/mol. The topological polar surface area (TPSA) is 82.8 Å². The molecule has 4 N–H and O–H groups in total. The number of aliphatic imine (C=N–C) groups is 1. The average Bonchev–Trinajstić information content (AvgIpc) is 3.17. The van der Waals surface area contributed by atoms with Gasteiger partial charge in [-0.25, -0.2) is 4.99 Å². The Morgan fingerprint density at radius 1 is 1.30 bits per heavy atom. The number of rotatable bonds is 7. The fraction of sp³-hybridized carbons (Fsp3) is 0.857. The second-order valence-electron chi connectivity index (χ2n) is 5.75. The van der Waals surface area contributed by atoms with E-state index in [1.165, 1.54) is 32.2 Å². The number of amides is 1. The van der Waals surface area contributed by atoms with Crippen LogP contribution in [0.4, 0.5) is 0 Å². The van der Waals surface area contributed by atoms with Gasteiger partial charge < -0.3 is 16.4 Å². The number of carbonyl (C=O) groups excluding carboxylic acids is 1. The summed E-state index contributed by atoms with van der Waals surface area (Å²) in [6.07, 6.45) is 4.93. The van der Waals surface area contributed by atoms with Crippen LogP contribution in [0, 0.1) is 5.92 Å². The third kappa shape index (κ3) is 5.00. The zero-order valence-electron chi connectivity index (χ0n) is 12.4. The monoisotopic (exact) mass is 281 g/mol. The maximum Gasteiger partial charge on any atom is 0.241 e. The van der Waals surface area contributed by atoms with Gasteiger partial charge in [0.05, 0.1) is 0 Å². The van der Waals surface area contributed by atoms with E-state index < -0.39 is 0 Å². The highest BCUT2D eigenvalue weighted by Crippen LogP contribution is 2.27. The van der Waals surface area contributed by atoms with Crippen LogP contribution in [-0.2, 0) is 4.79 Å². The van der Waals surface area contributed by atoms with E-state index in [1.54, 1.807) is 0 Å². The number of likely N-dealkylation sites (N-methyl/N-ethyl adjacent to an activating group) is 1. The van der Waals surface area contributed by atoms with Gasteiger partial charge in [-0.05, 0) is 44.7 Å². The number of nitrogens with one attached hydrogen (secondary N) is 2. The predicted octanol–water partition coefficient (Wildman–Crippen LogP) is -0.0988. The third-order valence-corrected chi connectivity index (χ3v) is 4.10. The number of nitrogens with zero attached hydrogens (tertiary/aromatic N) is 2. The summed E-state index contributed by atoms with van der Waals surface area (Å²) < 4.78 is 0. The highest BCUT2D eigenvalue weighted by atomic mass is 16.1. The zero-order valence-corrected chi connectivity index (χ0v) is 12.4. The first-order valence-electron chi connectivity index (χ1n) is 7.73. The molecule has 2 aliphatic rings. The number of guanidine groups is 1. The van der Waals surface area contributed by atoms with Crippen molar-refractivity contribution in [2.45, 2.75) is 38.6 Å². The molecule has 0 aromatic heterocycles. The molecule has 6 nitrogen and oxygen atoms in total. The number of carbonyl (C=O) groups is 1. The van der Waals surface area contributed by atoms with Gasteiger partial charge in [-0.1, -0.05) is 6.92 Å². The number of likely N-dealkylation sites (tertiary alicyclic amines) is 1. The van der Waals surface area contributed by atoms with E-state index in [4.69, 9.17) is 5.73 Å². The molecule has 6 heteroatoms. The lowest BCUT2D eigenvalue weighted by Crippen LogP contribution is -2.43.